The van der Waals surface area contributed by atoms with Crippen LogP contribution in [0.25, 0.3) is 0 Å². The minimum atomic E-state index is -0.969. The van der Waals surface area contributed by atoms with Crippen LogP contribution in [0.3, 0.4) is 0 Å². The summed E-state index contributed by atoms with van der Waals surface area (Å²) in [6.07, 6.45) is 0. The summed E-state index contributed by atoms with van der Waals surface area (Å²) < 4.78 is -0.172. The fourth-order valence-electron chi connectivity index (χ4n) is 0.454. The fourth-order valence-corrected chi connectivity index (χ4v) is 0.792. The Morgan fingerprint density at radius 2 is 2.00 bits per heavy atom. The third kappa shape index (κ3) is 1.38. The molecule has 1 amide bonds. The number of rotatable bonds is 0. The molecule has 0 bridgehead atoms. The molecule has 5 nitrogen and oxygen atoms in total. The molecule has 0 atom stereocenters. The number of aliphatic imine (C=N–C) groups is 2. The summed E-state index contributed by atoms with van der Waals surface area (Å²) in [6, 6.07) is 1.54. The van der Waals surface area contributed by atoms with Crippen molar-refractivity contribution in [1.82, 2.24) is 0 Å². The highest BCUT2D eigenvalue weighted by Gasteiger charge is 2.23. The van der Waals surface area contributed by atoms with Gasteiger partial charge in [0.2, 0.25) is 5.84 Å². The molecular weight excluding hydrogens is 214 g/mol. The van der Waals surface area contributed by atoms with E-state index in [0.29, 0.717) is 0 Å². The molecule has 0 aromatic carbocycles. The van der Waals surface area contributed by atoms with Gasteiger partial charge in [-0.05, 0) is 15.9 Å². The van der Waals surface area contributed by atoms with Crippen LogP contribution in [0.2, 0.25) is 0 Å². The summed E-state index contributed by atoms with van der Waals surface area (Å²) in [5, 5.41) is 8.24. The van der Waals surface area contributed by atoms with Crippen LogP contribution in [0.15, 0.2) is 9.98 Å². The molecule has 1 heterocycles. The fraction of sp³-hybridized carbons (Fsp3) is 0. The predicted octanol–water partition coefficient (Wildman–Crippen LogP) is -0.189. The summed E-state index contributed by atoms with van der Waals surface area (Å²) in [4.78, 5) is 27.7. The Labute approximate surface area is 69.6 Å². The second-order valence-corrected chi connectivity index (χ2v) is 2.34. The van der Waals surface area contributed by atoms with Crippen molar-refractivity contribution in [3.8, 4) is 6.07 Å². The van der Waals surface area contributed by atoms with Crippen molar-refractivity contribution in [2.24, 2.45) is 9.98 Å². The second-order valence-electron chi connectivity index (χ2n) is 1.58. The van der Waals surface area contributed by atoms with E-state index in [1.807, 2.05) is 0 Å². The lowest BCUT2D eigenvalue weighted by atomic mass is 10.4. The van der Waals surface area contributed by atoms with Crippen LogP contribution < -0.4 is 0 Å². The monoisotopic (exact) mass is 213 g/mol. The van der Waals surface area contributed by atoms with Gasteiger partial charge in [0.1, 0.15) is 6.07 Å². The molecule has 11 heavy (non-hydrogen) atoms. The highest BCUT2D eigenvalue weighted by atomic mass is 79.9. The van der Waals surface area contributed by atoms with Crippen molar-refractivity contribution in [2.45, 2.75) is 0 Å². The molecule has 0 radical (unpaired) electrons. The standard InChI is InChI=1S/C5BrN3O2/c6-4-3(10)5(11)9-2(1-7)8-4. The predicted molar refractivity (Wildman–Crippen MR) is 39.4 cm³/mol. The number of halogens is 1. The van der Waals surface area contributed by atoms with Gasteiger partial charge in [0.15, 0.2) is 4.62 Å². The van der Waals surface area contributed by atoms with Gasteiger partial charge in [0.25, 0.3) is 5.78 Å². The van der Waals surface area contributed by atoms with Crippen molar-refractivity contribution in [1.29, 1.82) is 5.26 Å². The summed E-state index contributed by atoms with van der Waals surface area (Å²) in [7, 11) is 0. The van der Waals surface area contributed by atoms with E-state index in [9.17, 15) is 9.59 Å². The number of ketones is 1. The first-order valence-electron chi connectivity index (χ1n) is 2.47. The first-order valence-corrected chi connectivity index (χ1v) is 3.26. The van der Waals surface area contributed by atoms with Crippen LogP contribution in [0.4, 0.5) is 0 Å². The topological polar surface area (TPSA) is 82.6 Å². The van der Waals surface area contributed by atoms with Gasteiger partial charge < -0.3 is 0 Å². The van der Waals surface area contributed by atoms with Crippen molar-refractivity contribution in [3.63, 3.8) is 0 Å². The molecule has 0 N–H and O–H groups in total. The van der Waals surface area contributed by atoms with E-state index in [0.717, 1.165) is 0 Å². The van der Waals surface area contributed by atoms with Crippen molar-refractivity contribution >= 4 is 38.1 Å². The molecule has 0 saturated carbocycles. The Bertz CT molecular complexity index is 336. The molecule has 1 rings (SSSR count). The number of Topliss-reactive ketones (excluding diaryl/α,β-unsaturated/α-hetero) is 1. The highest BCUT2D eigenvalue weighted by Crippen LogP contribution is 2.01. The normalized spacial score (nSPS) is 17.1. The van der Waals surface area contributed by atoms with E-state index in [-0.39, 0.29) is 10.5 Å². The number of hydrogen-bond donors (Lipinski definition) is 0. The zero-order chi connectivity index (χ0) is 8.43. The first-order chi connectivity index (χ1) is 5.15. The maximum absolute atomic E-state index is 10.6. The van der Waals surface area contributed by atoms with Gasteiger partial charge in [-0.2, -0.15) is 10.3 Å². The third-order valence-electron chi connectivity index (χ3n) is 0.893. The van der Waals surface area contributed by atoms with Gasteiger partial charge in [-0.25, -0.2) is 4.99 Å². The molecule has 0 aromatic heterocycles. The number of amidine groups is 1. The molecule has 0 unspecified atom stereocenters. The molecule has 1 aliphatic heterocycles. The number of nitriles is 1. The van der Waals surface area contributed by atoms with Crippen LogP contribution in [0, 0.1) is 11.3 Å². The Morgan fingerprint density at radius 1 is 1.36 bits per heavy atom. The Balaban J connectivity index is 3.13. The summed E-state index contributed by atoms with van der Waals surface area (Å²) in [5.74, 6) is -2.10. The summed E-state index contributed by atoms with van der Waals surface area (Å²) >= 11 is 2.72. The smallest absolute Gasteiger partial charge is 0.281 e. The van der Waals surface area contributed by atoms with E-state index in [1.165, 1.54) is 0 Å². The maximum Gasteiger partial charge on any atom is 0.322 e. The van der Waals surface area contributed by atoms with Crippen molar-refractivity contribution in [3.05, 3.63) is 0 Å². The molecule has 0 fully saturated rings. The molecular formula is C5BrN3O2. The molecule has 0 saturated heterocycles. The molecule has 0 spiro atoms. The van der Waals surface area contributed by atoms with Gasteiger partial charge in [0, 0.05) is 0 Å². The van der Waals surface area contributed by atoms with E-state index in [4.69, 9.17) is 5.26 Å². The van der Waals surface area contributed by atoms with Gasteiger partial charge >= 0.3 is 5.91 Å². The maximum atomic E-state index is 10.6. The first kappa shape index (κ1) is 7.75. The lowest BCUT2D eigenvalue weighted by Crippen LogP contribution is -2.23. The Hall–Kier alpha value is -1.35. The van der Waals surface area contributed by atoms with Crippen LogP contribution >= 0.6 is 15.9 Å². The number of nitrogens with zero attached hydrogens (tertiary/aromatic N) is 3. The SMILES string of the molecule is N#CC1=NC(=O)C(=O)C(Br)=N1. The van der Waals surface area contributed by atoms with Gasteiger partial charge in [0.05, 0.1) is 0 Å². The van der Waals surface area contributed by atoms with Gasteiger partial charge in [-0.1, -0.05) is 0 Å². The largest absolute Gasteiger partial charge is 0.322 e. The number of amides is 1. The molecule has 54 valence electrons. The lowest BCUT2D eigenvalue weighted by Gasteiger charge is -1.97. The van der Waals surface area contributed by atoms with E-state index in [2.05, 4.69) is 25.9 Å². The molecule has 0 aliphatic carbocycles. The summed E-state index contributed by atoms with van der Waals surface area (Å²) in [6.45, 7) is 0. The van der Waals surface area contributed by atoms with Crippen molar-refractivity contribution in [2.75, 3.05) is 0 Å². The van der Waals surface area contributed by atoms with Gasteiger partial charge in [-0.15, -0.1) is 0 Å². The lowest BCUT2D eigenvalue weighted by molar-refractivity contribution is -0.131. The zero-order valence-electron chi connectivity index (χ0n) is 5.04. The van der Waals surface area contributed by atoms with Crippen LogP contribution in [0.1, 0.15) is 0 Å². The van der Waals surface area contributed by atoms with Gasteiger partial charge in [-0.3, -0.25) is 9.59 Å². The van der Waals surface area contributed by atoms with E-state index in [1.54, 1.807) is 6.07 Å². The number of carbonyl (C=O) groups is 2. The minimum absolute atomic E-state index is 0.172. The van der Waals surface area contributed by atoms with Crippen LogP contribution in [0.5, 0.6) is 0 Å². The number of hydrogen-bond acceptors (Lipinski definition) is 4. The van der Waals surface area contributed by atoms with Crippen LogP contribution in [-0.2, 0) is 9.59 Å². The Kier molecular flexibility index (Phi) is 1.92. The average molecular weight is 214 g/mol. The number of carbonyl (C=O) groups excluding carboxylic acids is 2. The van der Waals surface area contributed by atoms with Crippen molar-refractivity contribution < 1.29 is 9.59 Å². The second kappa shape index (κ2) is 2.72. The third-order valence-corrected chi connectivity index (χ3v) is 1.43. The molecule has 1 aliphatic rings. The van der Waals surface area contributed by atoms with E-state index >= 15 is 0 Å². The molecule has 6 heteroatoms. The van der Waals surface area contributed by atoms with E-state index < -0.39 is 11.7 Å². The quantitative estimate of drug-likeness (QED) is 0.524. The Morgan fingerprint density at radius 3 is 2.45 bits per heavy atom. The summed E-state index contributed by atoms with van der Waals surface area (Å²) in [5.41, 5.74) is 0. The minimum Gasteiger partial charge on any atom is -0.281 e. The highest BCUT2D eigenvalue weighted by molar-refractivity contribution is 9.19. The van der Waals surface area contributed by atoms with Crippen LogP contribution in [-0.4, -0.2) is 22.1 Å². The zero-order valence-corrected chi connectivity index (χ0v) is 6.62. The average Bonchev–Trinajstić information content (AvgIpc) is 1.99. The molecule has 0 aromatic rings.